The quantitative estimate of drug-likeness (QED) is 0.667. The number of benzene rings is 1. The lowest BCUT2D eigenvalue weighted by atomic mass is 10.0. The summed E-state index contributed by atoms with van der Waals surface area (Å²) in [5.41, 5.74) is 2.72. The van der Waals surface area contributed by atoms with Gasteiger partial charge in [0.15, 0.2) is 0 Å². The van der Waals surface area contributed by atoms with Gasteiger partial charge in [-0.1, -0.05) is 12.1 Å². The maximum atomic E-state index is 12.6. The Morgan fingerprint density at radius 1 is 0.967 bits per heavy atom. The highest BCUT2D eigenvalue weighted by atomic mass is 16.5. The van der Waals surface area contributed by atoms with E-state index in [0.717, 1.165) is 49.1 Å². The van der Waals surface area contributed by atoms with E-state index in [2.05, 4.69) is 26.9 Å². The lowest BCUT2D eigenvalue weighted by Gasteiger charge is -2.26. The van der Waals surface area contributed by atoms with Crippen molar-refractivity contribution in [1.82, 2.24) is 14.5 Å². The number of rotatable bonds is 4. The average Bonchev–Trinajstić information content (AvgIpc) is 3.35. The van der Waals surface area contributed by atoms with Crippen molar-refractivity contribution in [3.05, 3.63) is 65.2 Å². The molecule has 0 bridgehead atoms. The summed E-state index contributed by atoms with van der Waals surface area (Å²) in [4.78, 5) is 26.2. The number of hydrogen-bond donors (Lipinski definition) is 0. The zero-order chi connectivity index (χ0) is 20.7. The van der Waals surface area contributed by atoms with Crippen LogP contribution in [-0.4, -0.2) is 47.8 Å². The predicted molar refractivity (Wildman–Crippen MR) is 117 cm³/mol. The van der Waals surface area contributed by atoms with Crippen molar-refractivity contribution in [2.45, 2.75) is 0 Å². The Hall–Kier alpha value is -3.35. The molecule has 2 saturated heterocycles. The summed E-state index contributed by atoms with van der Waals surface area (Å²) < 4.78 is 7.21. The Morgan fingerprint density at radius 3 is 2.33 bits per heavy atom. The molecule has 2 aromatic heterocycles. The molecular formula is C23H25N5O2. The van der Waals surface area contributed by atoms with Crippen LogP contribution < -0.4 is 20.1 Å². The fourth-order valence-corrected chi connectivity index (χ4v) is 4.72. The van der Waals surface area contributed by atoms with E-state index in [1.54, 1.807) is 37.2 Å². The van der Waals surface area contributed by atoms with E-state index in [1.807, 2.05) is 24.3 Å². The Morgan fingerprint density at radius 2 is 1.63 bits per heavy atom. The predicted octanol–water partition coefficient (Wildman–Crippen LogP) is 2.42. The first-order valence-electron chi connectivity index (χ1n) is 10.3. The topological polar surface area (TPSA) is 63.5 Å². The van der Waals surface area contributed by atoms with Gasteiger partial charge in [0.05, 0.1) is 18.5 Å². The van der Waals surface area contributed by atoms with Crippen LogP contribution in [0.5, 0.6) is 5.75 Å². The molecule has 154 valence electrons. The van der Waals surface area contributed by atoms with Gasteiger partial charge in [-0.25, -0.2) is 4.98 Å². The zero-order valence-corrected chi connectivity index (χ0v) is 17.2. The molecule has 2 fully saturated rings. The van der Waals surface area contributed by atoms with Crippen LogP contribution in [0.25, 0.3) is 11.3 Å². The van der Waals surface area contributed by atoms with Gasteiger partial charge in [-0.05, 0) is 24.3 Å². The van der Waals surface area contributed by atoms with Gasteiger partial charge in [-0.2, -0.15) is 0 Å². The number of ether oxygens (including phenoxy) is 1. The minimum atomic E-state index is -0.0421. The maximum Gasteiger partial charge on any atom is 0.255 e. The van der Waals surface area contributed by atoms with Gasteiger partial charge in [-0.15, -0.1) is 0 Å². The summed E-state index contributed by atoms with van der Waals surface area (Å²) in [6.45, 7) is 3.77. The van der Waals surface area contributed by atoms with Crippen molar-refractivity contribution >= 4 is 11.6 Å². The van der Waals surface area contributed by atoms with E-state index in [9.17, 15) is 4.79 Å². The third-order valence-corrected chi connectivity index (χ3v) is 6.28. The summed E-state index contributed by atoms with van der Waals surface area (Å²) in [6.07, 6.45) is 3.45. The molecule has 1 aromatic carbocycles. The fraction of sp³-hybridized carbons (Fsp3) is 0.348. The van der Waals surface area contributed by atoms with Crippen molar-refractivity contribution < 1.29 is 4.74 Å². The molecule has 4 heterocycles. The number of pyridine rings is 1. The molecule has 2 atom stereocenters. The molecule has 5 rings (SSSR count). The standard InChI is InChI=1S/C23H25N5O2/c1-26-22(29)11-19(16-7-9-24-10-8-16)25-23(26)28-14-17-12-27(13-18(17)15-28)20-5-3-4-6-21(20)30-2/h3-11,17-18H,12-15H2,1-2H3/t17-,18+. The normalized spacial score (nSPS) is 20.5. The van der Waals surface area contributed by atoms with Gasteiger partial charge in [0.25, 0.3) is 5.56 Å². The van der Waals surface area contributed by atoms with Crippen molar-refractivity contribution in [3.63, 3.8) is 0 Å². The van der Waals surface area contributed by atoms with Gasteiger partial charge in [0.2, 0.25) is 5.95 Å². The van der Waals surface area contributed by atoms with E-state index in [1.165, 1.54) is 0 Å². The zero-order valence-electron chi connectivity index (χ0n) is 17.2. The van der Waals surface area contributed by atoms with E-state index in [0.29, 0.717) is 17.5 Å². The van der Waals surface area contributed by atoms with E-state index >= 15 is 0 Å². The van der Waals surface area contributed by atoms with E-state index in [-0.39, 0.29) is 5.56 Å². The molecular weight excluding hydrogens is 378 g/mol. The largest absolute Gasteiger partial charge is 0.495 e. The third-order valence-electron chi connectivity index (χ3n) is 6.28. The molecule has 0 N–H and O–H groups in total. The lowest BCUT2D eigenvalue weighted by Crippen LogP contribution is -2.33. The summed E-state index contributed by atoms with van der Waals surface area (Å²) in [5, 5.41) is 0. The number of hydrogen-bond acceptors (Lipinski definition) is 6. The molecule has 3 aromatic rings. The van der Waals surface area contributed by atoms with Crippen LogP contribution in [0, 0.1) is 11.8 Å². The number of nitrogens with zero attached hydrogens (tertiary/aromatic N) is 5. The molecule has 2 aliphatic heterocycles. The molecule has 7 nitrogen and oxygen atoms in total. The number of methoxy groups -OCH3 is 1. The second-order valence-corrected chi connectivity index (χ2v) is 8.08. The van der Waals surface area contributed by atoms with Crippen molar-refractivity contribution in [2.75, 3.05) is 43.1 Å². The molecule has 30 heavy (non-hydrogen) atoms. The van der Waals surface area contributed by atoms with Crippen LogP contribution in [0.2, 0.25) is 0 Å². The molecule has 0 saturated carbocycles. The highest BCUT2D eigenvalue weighted by Crippen LogP contribution is 2.38. The second-order valence-electron chi connectivity index (χ2n) is 8.08. The van der Waals surface area contributed by atoms with E-state index < -0.39 is 0 Å². The number of para-hydroxylation sites is 2. The highest BCUT2D eigenvalue weighted by molar-refractivity contribution is 5.61. The van der Waals surface area contributed by atoms with Crippen LogP contribution in [-0.2, 0) is 7.05 Å². The molecule has 0 amide bonds. The first kappa shape index (κ1) is 18.7. The lowest BCUT2D eigenvalue weighted by molar-refractivity contribution is 0.414. The molecule has 0 unspecified atom stereocenters. The van der Waals surface area contributed by atoms with Gasteiger partial charge in [0, 0.05) is 69.1 Å². The Kier molecular flexibility index (Phi) is 4.65. The minimum Gasteiger partial charge on any atom is -0.495 e. The van der Waals surface area contributed by atoms with Crippen molar-refractivity contribution in [3.8, 4) is 17.0 Å². The maximum absolute atomic E-state index is 12.6. The summed E-state index contributed by atoms with van der Waals surface area (Å²) >= 11 is 0. The number of fused-ring (bicyclic) bond motifs is 1. The average molecular weight is 403 g/mol. The van der Waals surface area contributed by atoms with Crippen LogP contribution in [0.1, 0.15) is 0 Å². The van der Waals surface area contributed by atoms with Crippen molar-refractivity contribution in [1.29, 1.82) is 0 Å². The molecule has 0 aliphatic carbocycles. The molecule has 0 spiro atoms. The highest BCUT2D eigenvalue weighted by Gasteiger charge is 2.41. The molecule has 2 aliphatic rings. The van der Waals surface area contributed by atoms with Gasteiger partial charge in [0.1, 0.15) is 5.75 Å². The number of anilines is 2. The van der Waals surface area contributed by atoms with Gasteiger partial charge >= 0.3 is 0 Å². The minimum absolute atomic E-state index is 0.0421. The molecule has 0 radical (unpaired) electrons. The Labute approximate surface area is 175 Å². The van der Waals surface area contributed by atoms with E-state index in [4.69, 9.17) is 9.72 Å². The van der Waals surface area contributed by atoms with Crippen LogP contribution >= 0.6 is 0 Å². The van der Waals surface area contributed by atoms with Gasteiger partial charge in [-0.3, -0.25) is 14.3 Å². The molecule has 7 heteroatoms. The van der Waals surface area contributed by atoms with Crippen LogP contribution in [0.15, 0.2) is 59.7 Å². The monoisotopic (exact) mass is 403 g/mol. The SMILES string of the molecule is COc1ccccc1N1C[C@@H]2CN(c3nc(-c4ccncc4)cc(=O)n3C)C[C@@H]2C1. The Bertz CT molecular complexity index is 1100. The third kappa shape index (κ3) is 3.20. The summed E-state index contributed by atoms with van der Waals surface area (Å²) in [7, 11) is 3.52. The smallest absolute Gasteiger partial charge is 0.255 e. The van der Waals surface area contributed by atoms with Crippen LogP contribution in [0.4, 0.5) is 11.6 Å². The second kappa shape index (κ2) is 7.48. The number of aromatic nitrogens is 3. The summed E-state index contributed by atoms with van der Waals surface area (Å²) in [6, 6.07) is 13.6. The fourth-order valence-electron chi connectivity index (χ4n) is 4.72. The first-order chi connectivity index (χ1) is 14.6. The van der Waals surface area contributed by atoms with Crippen LogP contribution in [0.3, 0.4) is 0 Å². The first-order valence-corrected chi connectivity index (χ1v) is 10.3. The van der Waals surface area contributed by atoms with Crippen molar-refractivity contribution in [2.24, 2.45) is 18.9 Å². The summed E-state index contributed by atoms with van der Waals surface area (Å²) in [5.74, 6) is 2.74. The Balaban J connectivity index is 1.38. The van der Waals surface area contributed by atoms with Gasteiger partial charge < -0.3 is 14.5 Å².